The fourth-order valence-corrected chi connectivity index (χ4v) is 2.85. The normalized spacial score (nSPS) is 10.8. The van der Waals surface area contributed by atoms with Crippen LogP contribution in [0.4, 0.5) is 0 Å². The summed E-state index contributed by atoms with van der Waals surface area (Å²) in [6.45, 7) is 3.47. The molecule has 0 spiro atoms. The first-order valence-electron chi connectivity index (χ1n) is 7.23. The van der Waals surface area contributed by atoms with Crippen molar-refractivity contribution < 1.29 is 13.9 Å². The van der Waals surface area contributed by atoms with Crippen LogP contribution in [0.15, 0.2) is 38.9 Å². The largest absolute Gasteiger partial charge is 0.454 e. The number of esters is 1. The van der Waals surface area contributed by atoms with Gasteiger partial charge in [-0.2, -0.15) is 0 Å². The van der Waals surface area contributed by atoms with E-state index in [2.05, 4.69) is 10.2 Å². The number of aromatic nitrogens is 3. The monoisotopic (exact) mass is 345 g/mol. The van der Waals surface area contributed by atoms with Gasteiger partial charge in [0.1, 0.15) is 6.54 Å². The molecule has 1 aromatic carbocycles. The van der Waals surface area contributed by atoms with E-state index in [0.29, 0.717) is 5.89 Å². The van der Waals surface area contributed by atoms with Gasteiger partial charge < -0.3 is 9.15 Å². The average molecular weight is 345 g/mol. The first-order valence-corrected chi connectivity index (χ1v) is 8.11. The van der Waals surface area contributed by atoms with Crippen LogP contribution >= 0.6 is 11.3 Å². The molecule has 0 aliphatic heterocycles. The first kappa shape index (κ1) is 16.1. The molecule has 2 heterocycles. The van der Waals surface area contributed by atoms with E-state index >= 15 is 0 Å². The molecular formula is C16H15N3O4S. The van der Waals surface area contributed by atoms with Crippen LogP contribution in [-0.4, -0.2) is 20.7 Å². The van der Waals surface area contributed by atoms with Crippen LogP contribution in [0.1, 0.15) is 17.1 Å². The van der Waals surface area contributed by atoms with Gasteiger partial charge in [0.25, 0.3) is 5.89 Å². The van der Waals surface area contributed by atoms with Crippen LogP contribution in [0, 0.1) is 13.8 Å². The average Bonchev–Trinajstić information content (AvgIpc) is 3.15. The standard InChI is InChI=1S/C16H15N3O4S/c1-10-4-3-5-12(6-10)15-18-17-13(23-15)8-22-14(20)7-19-11(2)9-24-16(19)21/h3-6,9H,7-8H2,1-2H3. The summed E-state index contributed by atoms with van der Waals surface area (Å²) in [7, 11) is 0. The Bertz CT molecular complexity index is 925. The van der Waals surface area contributed by atoms with Crippen LogP contribution in [0.5, 0.6) is 0 Å². The molecule has 3 rings (SSSR count). The van der Waals surface area contributed by atoms with Crippen LogP contribution < -0.4 is 4.87 Å². The predicted molar refractivity (Wildman–Crippen MR) is 87.6 cm³/mol. The van der Waals surface area contributed by atoms with Gasteiger partial charge in [-0.3, -0.25) is 14.2 Å². The van der Waals surface area contributed by atoms with Crippen LogP contribution in [-0.2, 0) is 22.7 Å². The molecule has 7 nitrogen and oxygen atoms in total. The second kappa shape index (κ2) is 6.79. The smallest absolute Gasteiger partial charge is 0.326 e. The van der Waals surface area contributed by atoms with E-state index in [0.717, 1.165) is 28.2 Å². The number of nitrogens with zero attached hydrogens (tertiary/aromatic N) is 3. The van der Waals surface area contributed by atoms with Gasteiger partial charge in [-0.15, -0.1) is 10.2 Å². The Morgan fingerprint density at radius 1 is 1.33 bits per heavy atom. The summed E-state index contributed by atoms with van der Waals surface area (Å²) in [6, 6.07) is 7.66. The third-order valence-corrected chi connectivity index (χ3v) is 4.23. The van der Waals surface area contributed by atoms with E-state index in [1.165, 1.54) is 4.57 Å². The molecule has 0 amide bonds. The number of aryl methyl sites for hydroxylation is 2. The number of hydrogen-bond acceptors (Lipinski definition) is 7. The van der Waals surface area contributed by atoms with E-state index in [4.69, 9.17) is 9.15 Å². The van der Waals surface area contributed by atoms with Crippen LogP contribution in [0.25, 0.3) is 11.5 Å². The molecule has 0 saturated heterocycles. The van der Waals surface area contributed by atoms with E-state index in [9.17, 15) is 9.59 Å². The topological polar surface area (TPSA) is 87.2 Å². The van der Waals surface area contributed by atoms with Gasteiger partial charge >= 0.3 is 10.8 Å². The summed E-state index contributed by atoms with van der Waals surface area (Å²) in [4.78, 5) is 23.2. The quantitative estimate of drug-likeness (QED) is 0.660. The second-order valence-electron chi connectivity index (χ2n) is 5.26. The van der Waals surface area contributed by atoms with Gasteiger partial charge in [0, 0.05) is 16.6 Å². The lowest BCUT2D eigenvalue weighted by Crippen LogP contribution is -2.22. The highest BCUT2D eigenvalue weighted by molar-refractivity contribution is 7.07. The number of hydrogen-bond donors (Lipinski definition) is 0. The lowest BCUT2D eigenvalue weighted by atomic mass is 10.1. The zero-order valence-electron chi connectivity index (χ0n) is 13.2. The summed E-state index contributed by atoms with van der Waals surface area (Å²) in [5.41, 5.74) is 2.61. The highest BCUT2D eigenvalue weighted by Gasteiger charge is 2.13. The number of rotatable bonds is 5. The van der Waals surface area contributed by atoms with E-state index in [-0.39, 0.29) is 23.9 Å². The van der Waals surface area contributed by atoms with E-state index in [1.54, 1.807) is 12.3 Å². The van der Waals surface area contributed by atoms with Gasteiger partial charge in [-0.25, -0.2) is 0 Å². The predicted octanol–water partition coefficient (Wildman–Crippen LogP) is 2.32. The van der Waals surface area contributed by atoms with Crippen molar-refractivity contribution >= 4 is 17.3 Å². The van der Waals surface area contributed by atoms with Crippen molar-refractivity contribution in [3.8, 4) is 11.5 Å². The molecule has 124 valence electrons. The van der Waals surface area contributed by atoms with Crippen molar-refractivity contribution in [1.82, 2.24) is 14.8 Å². The first-order chi connectivity index (χ1) is 11.5. The fourth-order valence-electron chi connectivity index (χ4n) is 2.12. The molecule has 24 heavy (non-hydrogen) atoms. The number of benzene rings is 1. The Labute approximate surface area is 141 Å². The van der Waals surface area contributed by atoms with Gasteiger partial charge in [0.15, 0.2) is 6.61 Å². The minimum atomic E-state index is -0.533. The minimum absolute atomic E-state index is 0.129. The summed E-state index contributed by atoms with van der Waals surface area (Å²) in [5.74, 6) is 0.0396. The molecule has 0 unspecified atom stereocenters. The lowest BCUT2D eigenvalue weighted by molar-refractivity contribution is -0.146. The number of carbonyl (C=O) groups is 1. The molecular weight excluding hydrogens is 330 g/mol. The highest BCUT2D eigenvalue weighted by atomic mass is 32.1. The summed E-state index contributed by atoms with van der Waals surface area (Å²) in [6.07, 6.45) is 0. The van der Waals surface area contributed by atoms with Crippen molar-refractivity contribution in [2.75, 3.05) is 0 Å². The third-order valence-electron chi connectivity index (χ3n) is 3.35. The number of carbonyl (C=O) groups excluding carboxylic acids is 1. The second-order valence-corrected chi connectivity index (χ2v) is 6.08. The fraction of sp³-hybridized carbons (Fsp3) is 0.250. The van der Waals surface area contributed by atoms with Gasteiger partial charge in [0.05, 0.1) is 0 Å². The molecule has 3 aromatic rings. The summed E-state index contributed by atoms with van der Waals surface area (Å²) >= 11 is 1.05. The molecule has 0 N–H and O–H groups in total. The van der Waals surface area contributed by atoms with Gasteiger partial charge in [-0.05, 0) is 26.0 Å². The molecule has 0 saturated carbocycles. The molecule has 0 atom stereocenters. The maximum Gasteiger partial charge on any atom is 0.326 e. The van der Waals surface area contributed by atoms with Crippen molar-refractivity contribution in [1.29, 1.82) is 0 Å². The van der Waals surface area contributed by atoms with Crippen LogP contribution in [0.3, 0.4) is 0 Å². The van der Waals surface area contributed by atoms with Crippen molar-refractivity contribution in [3.63, 3.8) is 0 Å². The third kappa shape index (κ3) is 3.60. The van der Waals surface area contributed by atoms with Crippen molar-refractivity contribution in [2.24, 2.45) is 0 Å². The Kier molecular flexibility index (Phi) is 4.57. The number of thiazole rings is 1. The number of ether oxygens (including phenoxy) is 1. The Morgan fingerprint density at radius 2 is 2.17 bits per heavy atom. The highest BCUT2D eigenvalue weighted by Crippen LogP contribution is 2.19. The Morgan fingerprint density at radius 3 is 2.88 bits per heavy atom. The minimum Gasteiger partial charge on any atom is -0.454 e. The SMILES string of the molecule is Cc1cccc(-c2nnc(COC(=O)Cn3c(C)csc3=O)o2)c1. The summed E-state index contributed by atoms with van der Waals surface area (Å²) in [5, 5.41) is 9.51. The van der Waals surface area contributed by atoms with E-state index < -0.39 is 5.97 Å². The Hall–Kier alpha value is -2.74. The van der Waals surface area contributed by atoms with E-state index in [1.807, 2.05) is 31.2 Å². The van der Waals surface area contributed by atoms with Gasteiger partial charge in [0.2, 0.25) is 5.89 Å². The Balaban J connectivity index is 1.61. The maximum atomic E-state index is 11.8. The van der Waals surface area contributed by atoms with Crippen LogP contribution in [0.2, 0.25) is 0 Å². The molecule has 2 aromatic heterocycles. The zero-order valence-corrected chi connectivity index (χ0v) is 14.0. The lowest BCUT2D eigenvalue weighted by Gasteiger charge is -2.04. The molecule has 0 radical (unpaired) electrons. The zero-order chi connectivity index (χ0) is 17.1. The van der Waals surface area contributed by atoms with Crippen molar-refractivity contribution in [3.05, 3.63) is 56.5 Å². The molecule has 0 aliphatic rings. The molecule has 8 heteroatoms. The van der Waals surface area contributed by atoms with Crippen molar-refractivity contribution in [2.45, 2.75) is 27.0 Å². The molecule has 0 bridgehead atoms. The van der Waals surface area contributed by atoms with Gasteiger partial charge in [-0.1, -0.05) is 29.0 Å². The molecule has 0 aliphatic carbocycles. The maximum absolute atomic E-state index is 11.8. The summed E-state index contributed by atoms with van der Waals surface area (Å²) < 4.78 is 11.9. The molecule has 0 fully saturated rings.